The van der Waals surface area contributed by atoms with Crippen molar-refractivity contribution in [2.75, 3.05) is 10.6 Å². The summed E-state index contributed by atoms with van der Waals surface area (Å²) in [6.07, 6.45) is 1.30. The molecule has 0 aliphatic rings. The van der Waals surface area contributed by atoms with E-state index in [1.54, 1.807) is 24.3 Å². The molecule has 3 aromatic carbocycles. The van der Waals surface area contributed by atoms with E-state index in [4.69, 9.17) is 0 Å². The summed E-state index contributed by atoms with van der Waals surface area (Å²) in [6, 6.07) is 16.8. The van der Waals surface area contributed by atoms with E-state index in [1.165, 1.54) is 39.8 Å². The van der Waals surface area contributed by atoms with E-state index in [2.05, 4.69) is 10.6 Å². The van der Waals surface area contributed by atoms with Crippen molar-refractivity contribution in [3.63, 3.8) is 0 Å². The van der Waals surface area contributed by atoms with Crippen LogP contribution in [0, 0.1) is 0 Å². The predicted octanol–water partition coefficient (Wildman–Crippen LogP) is 5.64. The van der Waals surface area contributed by atoms with E-state index in [9.17, 15) is 28.8 Å². The van der Waals surface area contributed by atoms with Gasteiger partial charge in [0.1, 0.15) is 0 Å². The second-order valence-electron chi connectivity index (χ2n) is 9.74. The molecule has 0 unspecified atom stereocenters. The molecule has 3 rings (SSSR count). The maximum absolute atomic E-state index is 12.6. The smallest absolute Gasteiger partial charge is 0.224 e. The minimum absolute atomic E-state index is 0.189. The Morgan fingerprint density at radius 1 is 0.500 bits per heavy atom. The van der Waals surface area contributed by atoms with Crippen LogP contribution in [-0.4, -0.2) is 34.9 Å². The topological polar surface area (TPSA) is 126 Å². The first kappa shape index (κ1) is 29.8. The van der Waals surface area contributed by atoms with Crippen LogP contribution in [0.4, 0.5) is 11.4 Å². The van der Waals surface area contributed by atoms with Gasteiger partial charge in [-0.15, -0.1) is 0 Å². The quantitative estimate of drug-likeness (QED) is 0.286. The van der Waals surface area contributed by atoms with E-state index in [1.807, 2.05) is 24.3 Å². The fourth-order valence-electron chi connectivity index (χ4n) is 4.12. The predicted molar refractivity (Wildman–Crippen MR) is 153 cm³/mol. The SMILES string of the molecule is CC(=O)c1cc(NC(=O)CCc2cccc(CCC(=O)Nc3cc(C(C)=O)cc(C(C)=O)c3)c2)cc(C(C)=O)c1. The van der Waals surface area contributed by atoms with Crippen LogP contribution in [0.25, 0.3) is 0 Å². The largest absolute Gasteiger partial charge is 0.326 e. The summed E-state index contributed by atoms with van der Waals surface area (Å²) in [5.41, 5.74) is 4.05. The molecule has 0 spiro atoms. The molecule has 3 aromatic rings. The number of nitrogens with one attached hydrogen (secondary N) is 2. The van der Waals surface area contributed by atoms with Crippen LogP contribution in [-0.2, 0) is 22.4 Å². The molecule has 40 heavy (non-hydrogen) atoms. The Bertz CT molecular complexity index is 1330. The van der Waals surface area contributed by atoms with Gasteiger partial charge < -0.3 is 10.6 Å². The molecule has 2 N–H and O–H groups in total. The van der Waals surface area contributed by atoms with Crippen molar-refractivity contribution < 1.29 is 28.8 Å². The molecule has 0 saturated heterocycles. The monoisotopic (exact) mass is 540 g/mol. The second-order valence-corrected chi connectivity index (χ2v) is 9.74. The zero-order chi connectivity index (χ0) is 29.4. The van der Waals surface area contributed by atoms with Gasteiger partial charge in [-0.25, -0.2) is 0 Å². The number of Topliss-reactive ketones (excluding diaryl/α,β-unsaturated/α-hetero) is 4. The molecular weight excluding hydrogens is 508 g/mol. The third-order valence-corrected chi connectivity index (χ3v) is 6.33. The van der Waals surface area contributed by atoms with Crippen molar-refractivity contribution in [3.8, 4) is 0 Å². The Balaban J connectivity index is 1.57. The summed E-state index contributed by atoms with van der Waals surface area (Å²) in [6.45, 7) is 5.60. The number of carbonyl (C=O) groups is 6. The molecule has 0 heterocycles. The zero-order valence-electron chi connectivity index (χ0n) is 23.1. The molecule has 0 bridgehead atoms. The molecule has 0 aromatic heterocycles. The molecular formula is C32H32N2O6. The van der Waals surface area contributed by atoms with Crippen molar-refractivity contribution in [1.82, 2.24) is 0 Å². The first-order valence-corrected chi connectivity index (χ1v) is 12.9. The lowest BCUT2D eigenvalue weighted by Gasteiger charge is -2.10. The van der Waals surface area contributed by atoms with Gasteiger partial charge in [-0.1, -0.05) is 24.3 Å². The van der Waals surface area contributed by atoms with Gasteiger partial charge in [0.25, 0.3) is 0 Å². The summed E-state index contributed by atoms with van der Waals surface area (Å²) in [5, 5.41) is 5.53. The van der Waals surface area contributed by atoms with E-state index in [0.717, 1.165) is 11.1 Å². The Labute approximate surface area is 233 Å². The average molecular weight is 541 g/mol. The summed E-state index contributed by atoms with van der Waals surface area (Å²) in [5.74, 6) is -1.30. The van der Waals surface area contributed by atoms with E-state index < -0.39 is 0 Å². The summed E-state index contributed by atoms with van der Waals surface area (Å²) in [4.78, 5) is 72.3. The Morgan fingerprint density at radius 2 is 0.825 bits per heavy atom. The third kappa shape index (κ3) is 8.66. The average Bonchev–Trinajstić information content (AvgIpc) is 2.90. The number of amides is 2. The van der Waals surface area contributed by atoms with Gasteiger partial charge in [0.15, 0.2) is 23.1 Å². The fourth-order valence-corrected chi connectivity index (χ4v) is 4.12. The number of anilines is 2. The highest BCUT2D eigenvalue weighted by atomic mass is 16.2. The van der Waals surface area contributed by atoms with Crippen molar-refractivity contribution in [2.24, 2.45) is 0 Å². The molecule has 0 atom stereocenters. The Hall–Kier alpha value is -4.72. The first-order valence-electron chi connectivity index (χ1n) is 12.9. The third-order valence-electron chi connectivity index (χ3n) is 6.33. The number of hydrogen-bond donors (Lipinski definition) is 2. The number of hydrogen-bond acceptors (Lipinski definition) is 6. The van der Waals surface area contributed by atoms with Crippen molar-refractivity contribution in [3.05, 3.63) is 94.0 Å². The molecule has 0 aliphatic carbocycles. The maximum atomic E-state index is 12.6. The zero-order valence-corrected chi connectivity index (χ0v) is 23.1. The number of benzene rings is 3. The fraction of sp³-hybridized carbons (Fsp3) is 0.250. The van der Waals surface area contributed by atoms with Crippen LogP contribution < -0.4 is 10.6 Å². The lowest BCUT2D eigenvalue weighted by molar-refractivity contribution is -0.117. The minimum atomic E-state index is -0.252. The van der Waals surface area contributed by atoms with E-state index in [0.29, 0.717) is 46.5 Å². The van der Waals surface area contributed by atoms with Crippen LogP contribution in [0.1, 0.15) is 93.1 Å². The van der Waals surface area contributed by atoms with Gasteiger partial charge in [0.05, 0.1) is 0 Å². The lowest BCUT2D eigenvalue weighted by Crippen LogP contribution is -2.14. The number of aryl methyl sites for hydroxylation is 2. The number of ketones is 4. The number of rotatable bonds is 12. The van der Waals surface area contributed by atoms with Gasteiger partial charge in [-0.05, 0) is 88.1 Å². The van der Waals surface area contributed by atoms with Gasteiger partial charge in [-0.2, -0.15) is 0 Å². The van der Waals surface area contributed by atoms with Crippen molar-refractivity contribution in [1.29, 1.82) is 0 Å². The van der Waals surface area contributed by atoms with E-state index in [-0.39, 0.29) is 47.8 Å². The molecule has 0 fully saturated rings. The summed E-state index contributed by atoms with van der Waals surface area (Å²) >= 11 is 0. The normalized spacial score (nSPS) is 10.5. The molecule has 2 amide bonds. The molecule has 0 aliphatic heterocycles. The molecule has 206 valence electrons. The summed E-state index contributed by atoms with van der Waals surface area (Å²) in [7, 11) is 0. The Kier molecular flexibility index (Phi) is 9.97. The highest BCUT2D eigenvalue weighted by Crippen LogP contribution is 2.19. The highest BCUT2D eigenvalue weighted by molar-refractivity contribution is 6.03. The van der Waals surface area contributed by atoms with Crippen molar-refractivity contribution in [2.45, 2.75) is 53.4 Å². The maximum Gasteiger partial charge on any atom is 0.224 e. The van der Waals surface area contributed by atoms with Gasteiger partial charge in [0, 0.05) is 46.5 Å². The molecule has 8 nitrogen and oxygen atoms in total. The highest BCUT2D eigenvalue weighted by Gasteiger charge is 2.12. The molecule has 0 saturated carbocycles. The summed E-state index contributed by atoms with van der Waals surface area (Å²) < 4.78 is 0. The van der Waals surface area contributed by atoms with Gasteiger partial charge in [-0.3, -0.25) is 28.8 Å². The van der Waals surface area contributed by atoms with Crippen LogP contribution in [0.3, 0.4) is 0 Å². The first-order chi connectivity index (χ1) is 18.9. The van der Waals surface area contributed by atoms with Gasteiger partial charge >= 0.3 is 0 Å². The standard InChI is InChI=1S/C32H32N2O6/c1-19(35)25-13-26(20(2)36)16-29(15-25)33-31(39)10-8-23-6-5-7-24(12-23)9-11-32(40)34-30-17-27(21(3)37)14-28(18-30)22(4)38/h5-7,12-18H,8-11H2,1-4H3,(H,33,39)(H,34,40). The minimum Gasteiger partial charge on any atom is -0.326 e. The second kappa shape index (κ2) is 13.4. The molecule has 0 radical (unpaired) electrons. The molecule has 8 heteroatoms. The lowest BCUT2D eigenvalue weighted by atomic mass is 10.0. The van der Waals surface area contributed by atoms with Crippen LogP contribution in [0.15, 0.2) is 60.7 Å². The van der Waals surface area contributed by atoms with Crippen LogP contribution >= 0.6 is 0 Å². The van der Waals surface area contributed by atoms with Crippen molar-refractivity contribution >= 4 is 46.3 Å². The van der Waals surface area contributed by atoms with Crippen LogP contribution in [0.2, 0.25) is 0 Å². The van der Waals surface area contributed by atoms with Gasteiger partial charge in [0.2, 0.25) is 11.8 Å². The van der Waals surface area contributed by atoms with E-state index >= 15 is 0 Å². The number of carbonyl (C=O) groups excluding carboxylic acids is 6. The van der Waals surface area contributed by atoms with Crippen LogP contribution in [0.5, 0.6) is 0 Å². The Morgan fingerprint density at radius 3 is 1.12 bits per heavy atom.